The van der Waals surface area contributed by atoms with Gasteiger partial charge in [-0.2, -0.15) is 0 Å². The van der Waals surface area contributed by atoms with Crippen molar-refractivity contribution in [2.24, 2.45) is 0 Å². The van der Waals surface area contributed by atoms with E-state index in [9.17, 15) is 24.3 Å². The highest BCUT2D eigenvalue weighted by molar-refractivity contribution is 6.34. The topological polar surface area (TPSA) is 119 Å². The van der Waals surface area contributed by atoms with Crippen LogP contribution in [0.2, 0.25) is 0 Å². The molecule has 0 saturated carbocycles. The Kier molecular flexibility index (Phi) is 4.98. The largest absolute Gasteiger partial charge is 0.506 e. The van der Waals surface area contributed by atoms with Crippen molar-refractivity contribution in [1.82, 2.24) is 5.32 Å². The van der Waals surface area contributed by atoms with Crippen molar-refractivity contribution in [3.05, 3.63) is 40.5 Å². The van der Waals surface area contributed by atoms with Gasteiger partial charge >= 0.3 is 11.9 Å². The van der Waals surface area contributed by atoms with Crippen molar-refractivity contribution < 1.29 is 33.8 Å². The summed E-state index contributed by atoms with van der Waals surface area (Å²) in [5.74, 6) is -3.73. The van der Waals surface area contributed by atoms with Gasteiger partial charge in [-0.05, 0) is 13.0 Å². The molecular formula is C16H15NO7. The quantitative estimate of drug-likeness (QED) is 0.599. The normalized spacial score (nSPS) is 12.7. The van der Waals surface area contributed by atoms with Gasteiger partial charge in [0.25, 0.3) is 5.91 Å². The molecule has 0 aromatic heterocycles. The second kappa shape index (κ2) is 6.95. The second-order valence-corrected chi connectivity index (χ2v) is 4.76. The molecule has 8 nitrogen and oxygen atoms in total. The zero-order valence-corrected chi connectivity index (χ0v) is 13.0. The number of aliphatic hydroxyl groups is 1. The first-order valence-corrected chi connectivity index (χ1v) is 7.05. The maximum Gasteiger partial charge on any atom is 0.338 e. The van der Waals surface area contributed by atoms with Gasteiger partial charge in [0.05, 0.1) is 19.3 Å². The molecule has 1 aliphatic rings. The van der Waals surface area contributed by atoms with Crippen molar-refractivity contribution in [1.29, 1.82) is 0 Å². The van der Waals surface area contributed by atoms with Gasteiger partial charge < -0.3 is 19.9 Å². The van der Waals surface area contributed by atoms with E-state index in [1.807, 2.05) is 0 Å². The summed E-state index contributed by atoms with van der Waals surface area (Å²) in [6.45, 7) is 1.31. The second-order valence-electron chi connectivity index (χ2n) is 4.76. The van der Waals surface area contributed by atoms with Crippen LogP contribution in [0.1, 0.15) is 33.2 Å². The van der Waals surface area contributed by atoms with Gasteiger partial charge in [0.15, 0.2) is 0 Å². The molecule has 8 heteroatoms. The lowest BCUT2D eigenvalue weighted by Gasteiger charge is -2.06. The van der Waals surface area contributed by atoms with Crippen LogP contribution in [-0.4, -0.2) is 49.0 Å². The average molecular weight is 333 g/mol. The Morgan fingerprint density at radius 3 is 2.58 bits per heavy atom. The molecule has 0 heterocycles. The number of amides is 1. The number of ether oxygens (including phenoxy) is 2. The molecule has 0 saturated heterocycles. The smallest absolute Gasteiger partial charge is 0.338 e. The molecule has 0 fully saturated rings. The summed E-state index contributed by atoms with van der Waals surface area (Å²) in [5, 5.41) is 12.4. The number of carbonyl (C=O) groups excluding carboxylic acids is 4. The van der Waals surface area contributed by atoms with Crippen LogP contribution < -0.4 is 5.32 Å². The summed E-state index contributed by atoms with van der Waals surface area (Å²) < 4.78 is 9.26. The van der Waals surface area contributed by atoms with Crippen LogP contribution in [0.4, 0.5) is 0 Å². The number of aliphatic hydroxyl groups excluding tert-OH is 1. The average Bonchev–Trinajstić information content (AvgIpc) is 2.83. The molecule has 2 N–H and O–H groups in total. The fourth-order valence-electron chi connectivity index (χ4n) is 2.31. The number of rotatable bonds is 5. The van der Waals surface area contributed by atoms with Gasteiger partial charge in [-0.1, -0.05) is 12.1 Å². The zero-order chi connectivity index (χ0) is 17.9. The van der Waals surface area contributed by atoms with Crippen LogP contribution >= 0.6 is 0 Å². The number of methoxy groups -OCH3 is 1. The van der Waals surface area contributed by atoms with Crippen LogP contribution in [-0.2, 0) is 19.1 Å². The van der Waals surface area contributed by atoms with E-state index in [2.05, 4.69) is 14.8 Å². The molecule has 1 amide bonds. The van der Waals surface area contributed by atoms with E-state index in [1.54, 1.807) is 6.92 Å². The number of Topliss-reactive ketones (excluding diaryl/α,β-unsaturated/α-hetero) is 1. The molecule has 0 aliphatic heterocycles. The van der Waals surface area contributed by atoms with Crippen LogP contribution in [0.5, 0.6) is 0 Å². The van der Waals surface area contributed by atoms with E-state index in [0.29, 0.717) is 0 Å². The van der Waals surface area contributed by atoms with E-state index in [4.69, 9.17) is 0 Å². The lowest BCUT2D eigenvalue weighted by Crippen LogP contribution is -2.33. The summed E-state index contributed by atoms with van der Waals surface area (Å²) in [4.78, 5) is 47.5. The van der Waals surface area contributed by atoms with Gasteiger partial charge in [0.2, 0.25) is 5.78 Å². The Morgan fingerprint density at radius 2 is 1.96 bits per heavy atom. The van der Waals surface area contributed by atoms with Gasteiger partial charge in [0, 0.05) is 11.1 Å². The highest BCUT2D eigenvalue weighted by Gasteiger charge is 2.37. The number of hydrogen-bond donors (Lipinski definition) is 2. The number of fused-ring (bicyclic) bond motifs is 1. The van der Waals surface area contributed by atoms with Crippen molar-refractivity contribution in [2.75, 3.05) is 20.3 Å². The zero-order valence-electron chi connectivity index (χ0n) is 13.0. The fraction of sp³-hybridized carbons (Fsp3) is 0.250. The monoisotopic (exact) mass is 333 g/mol. The minimum atomic E-state index is -0.933. The van der Waals surface area contributed by atoms with Crippen LogP contribution in [0, 0.1) is 0 Å². The Bertz CT molecular complexity index is 764. The first kappa shape index (κ1) is 17.2. The van der Waals surface area contributed by atoms with E-state index < -0.39 is 41.5 Å². The number of carbonyl (C=O) groups is 4. The predicted octanol–water partition coefficient (Wildman–Crippen LogP) is 0.618. The highest BCUT2D eigenvalue weighted by Crippen LogP contribution is 2.34. The molecule has 1 aromatic carbocycles. The Hall–Kier alpha value is -3.16. The molecular weight excluding hydrogens is 318 g/mol. The van der Waals surface area contributed by atoms with Crippen molar-refractivity contribution >= 4 is 29.4 Å². The van der Waals surface area contributed by atoms with E-state index in [1.165, 1.54) is 18.2 Å². The third-order valence-electron chi connectivity index (χ3n) is 3.34. The molecule has 0 bridgehead atoms. The summed E-state index contributed by atoms with van der Waals surface area (Å²) in [7, 11) is 1.16. The molecule has 24 heavy (non-hydrogen) atoms. The minimum Gasteiger partial charge on any atom is -0.506 e. The molecule has 1 aromatic rings. The van der Waals surface area contributed by atoms with Crippen LogP contribution in [0.15, 0.2) is 23.8 Å². The Morgan fingerprint density at radius 1 is 1.25 bits per heavy atom. The van der Waals surface area contributed by atoms with E-state index >= 15 is 0 Å². The van der Waals surface area contributed by atoms with E-state index in [-0.39, 0.29) is 23.3 Å². The standard InChI is InChI=1S/C16H15NO7/c1-3-24-10(18)7-17-15(21)12-13(19)8-5-4-6-9(16(22)23-2)11(8)14(12)20/h4-6,20H,3,7H2,1-2H3,(H,17,21). The molecule has 0 unspecified atom stereocenters. The summed E-state index contributed by atoms with van der Waals surface area (Å²) in [5.41, 5.74) is -0.619. The lowest BCUT2D eigenvalue weighted by molar-refractivity contribution is -0.143. The minimum absolute atomic E-state index is 0.0108. The van der Waals surface area contributed by atoms with Crippen molar-refractivity contribution in [3.8, 4) is 0 Å². The Labute approximate surface area is 137 Å². The number of ketones is 1. The SMILES string of the molecule is CCOC(=O)CNC(=O)C1=C(O)c2c(C(=O)OC)cccc2C1=O. The molecule has 2 rings (SSSR count). The van der Waals surface area contributed by atoms with Crippen LogP contribution in [0.25, 0.3) is 5.76 Å². The Balaban J connectivity index is 2.33. The number of esters is 2. The summed E-state index contributed by atoms with van der Waals surface area (Å²) >= 11 is 0. The van der Waals surface area contributed by atoms with Gasteiger partial charge in [0.1, 0.15) is 17.9 Å². The first-order chi connectivity index (χ1) is 11.4. The molecule has 1 aliphatic carbocycles. The number of benzene rings is 1. The van der Waals surface area contributed by atoms with E-state index in [0.717, 1.165) is 7.11 Å². The molecule has 0 radical (unpaired) electrons. The predicted molar refractivity (Wildman–Crippen MR) is 81.3 cm³/mol. The molecule has 0 atom stereocenters. The third-order valence-corrected chi connectivity index (χ3v) is 3.34. The van der Waals surface area contributed by atoms with Gasteiger partial charge in [-0.3, -0.25) is 14.4 Å². The maximum absolute atomic E-state index is 12.3. The third kappa shape index (κ3) is 2.98. The van der Waals surface area contributed by atoms with Gasteiger partial charge in [-0.15, -0.1) is 0 Å². The van der Waals surface area contributed by atoms with Crippen molar-refractivity contribution in [2.45, 2.75) is 6.92 Å². The highest BCUT2D eigenvalue weighted by atomic mass is 16.5. The summed E-state index contributed by atoms with van der Waals surface area (Å²) in [6.07, 6.45) is 0. The van der Waals surface area contributed by atoms with Crippen molar-refractivity contribution in [3.63, 3.8) is 0 Å². The maximum atomic E-state index is 12.3. The number of nitrogens with one attached hydrogen (secondary N) is 1. The first-order valence-electron chi connectivity index (χ1n) is 7.05. The molecule has 126 valence electrons. The van der Waals surface area contributed by atoms with Gasteiger partial charge in [-0.25, -0.2) is 4.79 Å². The number of hydrogen-bond acceptors (Lipinski definition) is 7. The lowest BCUT2D eigenvalue weighted by atomic mass is 10.0. The fourth-order valence-corrected chi connectivity index (χ4v) is 2.31. The molecule has 0 spiro atoms. The summed E-state index contributed by atoms with van der Waals surface area (Å²) in [6, 6.07) is 4.19. The van der Waals surface area contributed by atoms with Crippen LogP contribution in [0.3, 0.4) is 0 Å².